The number of benzene rings is 1. The molecule has 2 aliphatic rings. The van der Waals surface area contributed by atoms with Gasteiger partial charge in [0.2, 0.25) is 5.91 Å². The maximum atomic E-state index is 12.5. The molecule has 0 saturated heterocycles. The number of carbonyl (C=O) groups is 2. The van der Waals surface area contributed by atoms with Crippen LogP contribution < -0.4 is 10.1 Å². The fourth-order valence-electron chi connectivity index (χ4n) is 3.44. The first kappa shape index (κ1) is 15.8. The second-order valence-electron chi connectivity index (χ2n) is 6.94. The van der Waals surface area contributed by atoms with E-state index in [0.717, 1.165) is 31.1 Å². The van der Waals surface area contributed by atoms with E-state index in [2.05, 4.69) is 5.32 Å². The summed E-state index contributed by atoms with van der Waals surface area (Å²) in [7, 11) is 0. The summed E-state index contributed by atoms with van der Waals surface area (Å²) in [6.07, 6.45) is 4.22. The van der Waals surface area contributed by atoms with Gasteiger partial charge in [0.25, 0.3) is 0 Å². The van der Waals surface area contributed by atoms with Gasteiger partial charge < -0.3 is 15.2 Å². The van der Waals surface area contributed by atoms with Crippen molar-refractivity contribution >= 4 is 17.6 Å². The van der Waals surface area contributed by atoms with Gasteiger partial charge in [-0.25, -0.2) is 4.79 Å². The van der Waals surface area contributed by atoms with Crippen molar-refractivity contribution in [3.05, 3.63) is 23.8 Å². The highest BCUT2D eigenvalue weighted by Crippen LogP contribution is 2.51. The lowest BCUT2D eigenvalue weighted by Crippen LogP contribution is -2.26. The second kappa shape index (κ2) is 6.22. The molecule has 2 N–H and O–H groups in total. The van der Waals surface area contributed by atoms with E-state index in [-0.39, 0.29) is 23.5 Å². The molecule has 0 radical (unpaired) electrons. The van der Waals surface area contributed by atoms with Crippen LogP contribution in [-0.4, -0.2) is 23.1 Å². The number of nitrogens with one attached hydrogen (secondary N) is 1. The van der Waals surface area contributed by atoms with Crippen LogP contribution in [0.4, 0.5) is 5.69 Å². The Bertz CT molecular complexity index is 625. The Labute approximate surface area is 136 Å². The second-order valence-corrected chi connectivity index (χ2v) is 6.94. The Morgan fingerprint density at radius 1 is 1.22 bits per heavy atom. The van der Waals surface area contributed by atoms with Crippen molar-refractivity contribution in [2.75, 3.05) is 5.32 Å². The minimum atomic E-state index is -1.02. The number of rotatable bonds is 5. The molecule has 3 atom stereocenters. The molecular weight excluding hydrogens is 294 g/mol. The SMILES string of the molecule is CC(C)Oc1ccc(C(=O)O)cc1NC(=O)C1CCC2CC2C1. The molecule has 3 unspecified atom stereocenters. The van der Waals surface area contributed by atoms with Gasteiger partial charge in [-0.3, -0.25) is 4.79 Å². The van der Waals surface area contributed by atoms with E-state index in [0.29, 0.717) is 11.4 Å². The number of carbonyl (C=O) groups excluding carboxylic acids is 1. The topological polar surface area (TPSA) is 75.6 Å². The van der Waals surface area contributed by atoms with Crippen LogP contribution in [0.1, 0.15) is 49.9 Å². The summed E-state index contributed by atoms with van der Waals surface area (Å²) < 4.78 is 5.69. The van der Waals surface area contributed by atoms with E-state index in [4.69, 9.17) is 9.84 Å². The van der Waals surface area contributed by atoms with E-state index in [1.807, 2.05) is 13.8 Å². The van der Waals surface area contributed by atoms with Crippen LogP contribution in [0.5, 0.6) is 5.75 Å². The number of hydrogen-bond donors (Lipinski definition) is 2. The van der Waals surface area contributed by atoms with Gasteiger partial charge in [0.15, 0.2) is 0 Å². The highest BCUT2D eigenvalue weighted by Gasteiger charge is 2.43. The van der Waals surface area contributed by atoms with Crippen LogP contribution in [0.3, 0.4) is 0 Å². The lowest BCUT2D eigenvalue weighted by atomic mass is 9.88. The molecule has 0 aromatic heterocycles. The molecule has 2 fully saturated rings. The van der Waals surface area contributed by atoms with Crippen molar-refractivity contribution in [1.82, 2.24) is 0 Å². The van der Waals surface area contributed by atoms with Gasteiger partial charge in [0, 0.05) is 5.92 Å². The first-order valence-corrected chi connectivity index (χ1v) is 8.29. The van der Waals surface area contributed by atoms with Crippen LogP contribution >= 0.6 is 0 Å². The van der Waals surface area contributed by atoms with Crippen molar-refractivity contribution in [2.24, 2.45) is 17.8 Å². The van der Waals surface area contributed by atoms with Crippen molar-refractivity contribution in [2.45, 2.75) is 45.6 Å². The largest absolute Gasteiger partial charge is 0.489 e. The number of amides is 1. The third-order valence-electron chi connectivity index (χ3n) is 4.76. The maximum Gasteiger partial charge on any atom is 0.335 e. The predicted octanol–water partition coefficient (Wildman–Crippen LogP) is 3.55. The number of carboxylic acids is 1. The molecule has 5 heteroatoms. The highest BCUT2D eigenvalue weighted by molar-refractivity contribution is 5.96. The summed E-state index contributed by atoms with van der Waals surface area (Å²) in [4.78, 5) is 23.7. The summed E-state index contributed by atoms with van der Waals surface area (Å²) in [6, 6.07) is 4.57. The smallest absolute Gasteiger partial charge is 0.335 e. The van der Waals surface area contributed by atoms with Crippen LogP contribution in [0, 0.1) is 17.8 Å². The van der Waals surface area contributed by atoms with Gasteiger partial charge in [-0.15, -0.1) is 0 Å². The number of hydrogen-bond acceptors (Lipinski definition) is 3. The Morgan fingerprint density at radius 2 is 2.00 bits per heavy atom. The number of aromatic carboxylic acids is 1. The average molecular weight is 317 g/mol. The van der Waals surface area contributed by atoms with Crippen LogP contribution in [0.25, 0.3) is 0 Å². The first-order valence-electron chi connectivity index (χ1n) is 8.29. The monoisotopic (exact) mass is 317 g/mol. The van der Waals surface area contributed by atoms with Gasteiger partial charge in [-0.1, -0.05) is 0 Å². The zero-order valence-corrected chi connectivity index (χ0v) is 13.5. The van der Waals surface area contributed by atoms with Crippen LogP contribution in [0.15, 0.2) is 18.2 Å². The molecule has 2 saturated carbocycles. The van der Waals surface area contributed by atoms with E-state index >= 15 is 0 Å². The standard InChI is InChI=1S/C18H23NO4/c1-10(2)23-16-6-5-13(18(21)22)9-15(16)19-17(20)12-4-3-11-7-14(11)8-12/h5-6,9-12,14H,3-4,7-8H2,1-2H3,(H,19,20)(H,21,22). The van der Waals surface area contributed by atoms with E-state index in [1.165, 1.54) is 18.6 Å². The fourth-order valence-corrected chi connectivity index (χ4v) is 3.44. The highest BCUT2D eigenvalue weighted by atomic mass is 16.5. The van der Waals surface area contributed by atoms with Gasteiger partial charge in [-0.05, 0) is 69.6 Å². The summed E-state index contributed by atoms with van der Waals surface area (Å²) in [5.74, 6) is 1.06. The molecule has 0 heterocycles. The third-order valence-corrected chi connectivity index (χ3v) is 4.76. The molecule has 124 valence electrons. The zero-order chi connectivity index (χ0) is 16.6. The first-order chi connectivity index (χ1) is 10.9. The lowest BCUT2D eigenvalue weighted by molar-refractivity contribution is -0.120. The zero-order valence-electron chi connectivity index (χ0n) is 13.5. The lowest BCUT2D eigenvalue weighted by Gasteiger charge is -2.22. The minimum absolute atomic E-state index is 0.0218. The van der Waals surface area contributed by atoms with E-state index in [1.54, 1.807) is 6.07 Å². The maximum absolute atomic E-state index is 12.5. The van der Waals surface area contributed by atoms with Gasteiger partial charge >= 0.3 is 5.97 Å². The number of ether oxygens (including phenoxy) is 1. The average Bonchev–Trinajstić information content (AvgIpc) is 3.26. The molecule has 3 rings (SSSR count). The molecule has 1 aromatic carbocycles. The van der Waals surface area contributed by atoms with Crippen molar-refractivity contribution in [1.29, 1.82) is 0 Å². The van der Waals surface area contributed by atoms with Gasteiger partial charge in [0.05, 0.1) is 17.4 Å². The minimum Gasteiger partial charge on any atom is -0.489 e. The number of anilines is 1. The molecule has 1 aromatic rings. The Morgan fingerprint density at radius 3 is 2.65 bits per heavy atom. The molecule has 2 aliphatic carbocycles. The van der Waals surface area contributed by atoms with Crippen LogP contribution in [-0.2, 0) is 4.79 Å². The molecule has 1 amide bonds. The Balaban J connectivity index is 1.76. The van der Waals surface area contributed by atoms with Crippen molar-refractivity contribution in [3.8, 4) is 5.75 Å². The fraction of sp³-hybridized carbons (Fsp3) is 0.556. The van der Waals surface area contributed by atoms with Crippen LogP contribution in [0.2, 0.25) is 0 Å². The number of fused-ring (bicyclic) bond motifs is 1. The quantitative estimate of drug-likeness (QED) is 0.871. The number of carboxylic acid groups (broad SMARTS) is 1. The summed E-state index contributed by atoms with van der Waals surface area (Å²) >= 11 is 0. The van der Waals surface area contributed by atoms with Crippen molar-refractivity contribution in [3.63, 3.8) is 0 Å². The molecule has 0 spiro atoms. The van der Waals surface area contributed by atoms with Gasteiger partial charge in [-0.2, -0.15) is 0 Å². The molecule has 23 heavy (non-hydrogen) atoms. The molecule has 0 aliphatic heterocycles. The Hall–Kier alpha value is -2.04. The molecule has 5 nitrogen and oxygen atoms in total. The Kier molecular flexibility index (Phi) is 4.28. The summed E-state index contributed by atoms with van der Waals surface area (Å²) in [5, 5.41) is 12.0. The van der Waals surface area contributed by atoms with Crippen molar-refractivity contribution < 1.29 is 19.4 Å². The summed E-state index contributed by atoms with van der Waals surface area (Å²) in [5.41, 5.74) is 0.587. The van der Waals surface area contributed by atoms with E-state index in [9.17, 15) is 9.59 Å². The normalized spacial score (nSPS) is 25.6. The predicted molar refractivity (Wildman–Crippen MR) is 86.7 cm³/mol. The molecule has 0 bridgehead atoms. The van der Waals surface area contributed by atoms with Gasteiger partial charge in [0.1, 0.15) is 5.75 Å². The summed E-state index contributed by atoms with van der Waals surface area (Å²) in [6.45, 7) is 3.79. The van der Waals surface area contributed by atoms with E-state index < -0.39 is 5.97 Å². The third kappa shape index (κ3) is 3.66. The molecular formula is C18H23NO4.